The van der Waals surface area contributed by atoms with Gasteiger partial charge < -0.3 is 26.2 Å². The number of carbonyl (C=O) groups is 1. The lowest BCUT2D eigenvalue weighted by Crippen LogP contribution is -2.46. The van der Waals surface area contributed by atoms with Gasteiger partial charge in [-0.25, -0.2) is 0 Å². The molecule has 1 fully saturated rings. The molecule has 0 aromatic rings. The number of hydrogen-bond donors (Lipinski definition) is 5. The van der Waals surface area contributed by atoms with E-state index in [1.54, 1.807) is 37.3 Å². The number of nitrogens with one attached hydrogen (secondary N) is 3. The number of allylic oxidation sites excluding steroid dienone is 3. The first-order chi connectivity index (χ1) is 13.8. The van der Waals surface area contributed by atoms with Crippen LogP contribution in [0.2, 0.25) is 0 Å². The lowest BCUT2D eigenvalue weighted by atomic mass is 10.1. The quantitative estimate of drug-likeness (QED) is 0.230. The predicted molar refractivity (Wildman–Crippen MR) is 117 cm³/mol. The lowest BCUT2D eigenvalue weighted by Gasteiger charge is -2.25. The van der Waals surface area contributed by atoms with Crippen molar-refractivity contribution in [1.82, 2.24) is 20.9 Å². The van der Waals surface area contributed by atoms with Gasteiger partial charge in [-0.05, 0) is 31.5 Å². The molecule has 0 aromatic carbocycles. The van der Waals surface area contributed by atoms with Gasteiger partial charge in [0.05, 0.1) is 6.54 Å². The number of nitrogens with two attached hydrogens (primary N) is 1. The molecule has 1 aliphatic heterocycles. The molecule has 9 heteroatoms. The number of aliphatic hydroxyl groups is 1. The third kappa shape index (κ3) is 9.01. The first-order valence-corrected chi connectivity index (χ1v) is 10.0. The van der Waals surface area contributed by atoms with Crippen molar-refractivity contribution in [3.05, 3.63) is 47.3 Å². The zero-order chi connectivity index (χ0) is 21.8. The maximum Gasteiger partial charge on any atom is 0.234 e. The minimum Gasteiger partial charge on any atom is -0.404 e. The highest BCUT2D eigenvalue weighted by atomic mass is 35.5. The van der Waals surface area contributed by atoms with Crippen LogP contribution in [0.4, 0.5) is 0 Å². The molecule has 8 nitrogen and oxygen atoms in total. The molecule has 0 aliphatic carbocycles. The van der Waals surface area contributed by atoms with Crippen LogP contribution in [0.3, 0.4) is 0 Å². The fourth-order valence-corrected chi connectivity index (χ4v) is 3.06. The number of carbonyl (C=O) groups excluding carboxylic acids is 1. The van der Waals surface area contributed by atoms with Gasteiger partial charge in [0, 0.05) is 49.2 Å². The Morgan fingerprint density at radius 1 is 1.48 bits per heavy atom. The van der Waals surface area contributed by atoms with Crippen LogP contribution >= 0.6 is 11.6 Å². The van der Waals surface area contributed by atoms with Crippen molar-refractivity contribution in [2.24, 2.45) is 5.73 Å². The Balaban J connectivity index is 2.66. The number of hydrogen-bond acceptors (Lipinski definition) is 7. The standard InChI is InChI=1S/C20H34ClN5O3/c1-5-26(13-18(27)24-12-16-8-9-19(25-16)29-4)20(28)10-17(23-3)15(11-22)7-6-14(2)21/h6-7,10-11,16,19-20,23,25,28H,2,5,8-9,12-13,22H2,1,3-4H3,(H,24,27)/b7-6-,15-11-,17-10-. The van der Waals surface area contributed by atoms with Gasteiger partial charge in [0.25, 0.3) is 0 Å². The van der Waals surface area contributed by atoms with Crippen molar-refractivity contribution >= 4 is 17.5 Å². The van der Waals surface area contributed by atoms with Crippen LogP contribution < -0.4 is 21.7 Å². The Morgan fingerprint density at radius 3 is 2.72 bits per heavy atom. The van der Waals surface area contributed by atoms with E-state index in [0.717, 1.165) is 12.8 Å². The predicted octanol–water partition coefficient (Wildman–Crippen LogP) is 0.722. The molecule has 0 radical (unpaired) electrons. The first kappa shape index (κ1) is 25.2. The summed E-state index contributed by atoms with van der Waals surface area (Å²) in [5.41, 5.74) is 6.92. The van der Waals surface area contributed by atoms with Crippen LogP contribution in [-0.2, 0) is 9.53 Å². The van der Waals surface area contributed by atoms with Crippen molar-refractivity contribution in [1.29, 1.82) is 0 Å². The third-order valence-electron chi connectivity index (χ3n) is 4.68. The van der Waals surface area contributed by atoms with Gasteiger partial charge in [-0.1, -0.05) is 31.2 Å². The van der Waals surface area contributed by atoms with Gasteiger partial charge in [-0.3, -0.25) is 15.0 Å². The molecule has 1 aliphatic rings. The minimum atomic E-state index is -0.974. The van der Waals surface area contributed by atoms with E-state index in [0.29, 0.717) is 29.4 Å². The molecular weight excluding hydrogens is 394 g/mol. The molecule has 1 amide bonds. The van der Waals surface area contributed by atoms with Gasteiger partial charge >= 0.3 is 0 Å². The molecule has 6 N–H and O–H groups in total. The van der Waals surface area contributed by atoms with E-state index in [4.69, 9.17) is 22.1 Å². The highest BCUT2D eigenvalue weighted by Gasteiger charge is 2.24. The number of ether oxygens (including phenoxy) is 1. The summed E-state index contributed by atoms with van der Waals surface area (Å²) in [6.45, 7) is 6.56. The first-order valence-electron chi connectivity index (χ1n) is 9.66. The number of likely N-dealkylation sites (N-methyl/N-ethyl adjacent to an activating group) is 2. The van der Waals surface area contributed by atoms with E-state index in [1.807, 2.05) is 6.92 Å². The average molecular weight is 428 g/mol. The topological polar surface area (TPSA) is 112 Å². The van der Waals surface area contributed by atoms with Gasteiger partial charge in [0.2, 0.25) is 5.91 Å². The van der Waals surface area contributed by atoms with E-state index < -0.39 is 6.23 Å². The van der Waals surface area contributed by atoms with Gasteiger partial charge in [-0.2, -0.15) is 0 Å². The van der Waals surface area contributed by atoms with E-state index >= 15 is 0 Å². The number of nitrogens with zero attached hydrogens (tertiary/aromatic N) is 1. The van der Waals surface area contributed by atoms with Crippen molar-refractivity contribution < 1.29 is 14.6 Å². The Morgan fingerprint density at radius 2 is 2.21 bits per heavy atom. The lowest BCUT2D eigenvalue weighted by molar-refractivity contribution is -0.124. The van der Waals surface area contributed by atoms with E-state index in [-0.39, 0.29) is 24.7 Å². The second kappa shape index (κ2) is 13.4. The molecule has 1 heterocycles. The molecule has 0 saturated carbocycles. The fourth-order valence-electron chi connectivity index (χ4n) is 2.99. The smallest absolute Gasteiger partial charge is 0.234 e. The zero-order valence-corrected chi connectivity index (χ0v) is 18.2. The molecule has 3 unspecified atom stereocenters. The molecular formula is C20H34ClN5O3. The monoisotopic (exact) mass is 427 g/mol. The van der Waals surface area contributed by atoms with Crippen LogP contribution in [-0.4, -0.2) is 68.2 Å². The summed E-state index contributed by atoms with van der Waals surface area (Å²) in [4.78, 5) is 14.0. The third-order valence-corrected chi connectivity index (χ3v) is 4.80. The van der Waals surface area contributed by atoms with Gasteiger partial charge in [-0.15, -0.1) is 0 Å². The van der Waals surface area contributed by atoms with Crippen LogP contribution in [0.1, 0.15) is 19.8 Å². The molecule has 1 saturated heterocycles. The van der Waals surface area contributed by atoms with Crippen molar-refractivity contribution in [3.8, 4) is 0 Å². The second-order valence-electron chi connectivity index (χ2n) is 6.68. The fraction of sp³-hybridized carbons (Fsp3) is 0.550. The Bertz CT molecular complexity index is 636. The number of methoxy groups -OCH3 is 1. The van der Waals surface area contributed by atoms with Crippen molar-refractivity contribution in [2.45, 2.75) is 38.3 Å². The largest absolute Gasteiger partial charge is 0.404 e. The second-order valence-corrected chi connectivity index (χ2v) is 7.16. The zero-order valence-electron chi connectivity index (χ0n) is 17.5. The van der Waals surface area contributed by atoms with Gasteiger partial charge in [0.1, 0.15) is 12.5 Å². The maximum atomic E-state index is 12.3. The molecule has 1 rings (SSSR count). The summed E-state index contributed by atoms with van der Waals surface area (Å²) in [5, 5.41) is 20.2. The normalized spacial score (nSPS) is 21.6. The summed E-state index contributed by atoms with van der Waals surface area (Å²) in [5.74, 6) is -0.152. The molecule has 0 aromatic heterocycles. The molecule has 0 spiro atoms. The number of halogens is 1. The summed E-state index contributed by atoms with van der Waals surface area (Å²) in [6, 6.07) is 0.195. The van der Waals surface area contributed by atoms with Crippen LogP contribution in [0.15, 0.2) is 47.3 Å². The van der Waals surface area contributed by atoms with Gasteiger partial charge in [0.15, 0.2) is 0 Å². The molecule has 0 bridgehead atoms. The van der Waals surface area contributed by atoms with Crippen LogP contribution in [0, 0.1) is 0 Å². The van der Waals surface area contributed by atoms with E-state index in [9.17, 15) is 9.90 Å². The Kier molecular flexibility index (Phi) is 11.6. The number of aliphatic hydroxyl groups excluding tert-OH is 1. The van der Waals surface area contributed by atoms with E-state index in [1.165, 1.54) is 6.20 Å². The average Bonchev–Trinajstić information content (AvgIpc) is 3.17. The van der Waals surface area contributed by atoms with Crippen LogP contribution in [0.25, 0.3) is 0 Å². The van der Waals surface area contributed by atoms with Crippen molar-refractivity contribution in [3.63, 3.8) is 0 Å². The molecule has 3 atom stereocenters. The van der Waals surface area contributed by atoms with E-state index in [2.05, 4.69) is 22.5 Å². The number of amides is 1. The van der Waals surface area contributed by atoms with Crippen molar-refractivity contribution in [2.75, 3.05) is 33.8 Å². The maximum absolute atomic E-state index is 12.3. The summed E-state index contributed by atoms with van der Waals surface area (Å²) in [6.07, 6.45) is 7.24. The summed E-state index contributed by atoms with van der Waals surface area (Å²) < 4.78 is 5.26. The summed E-state index contributed by atoms with van der Waals surface area (Å²) in [7, 11) is 3.38. The summed E-state index contributed by atoms with van der Waals surface area (Å²) >= 11 is 5.75. The molecule has 164 valence electrons. The van der Waals surface area contributed by atoms with Crippen LogP contribution in [0.5, 0.6) is 0 Å². The SMILES string of the molecule is C=C(Cl)\C=C/C(=C/N)C(=C/C(O)N(CC)CC(=O)NCC1CCC(OC)N1)/NC. The highest BCUT2D eigenvalue weighted by Crippen LogP contribution is 2.13. The highest BCUT2D eigenvalue weighted by molar-refractivity contribution is 6.30. The Hall–Kier alpha value is -1.84. The minimum absolute atomic E-state index is 0.0470. The molecule has 29 heavy (non-hydrogen) atoms. The number of rotatable bonds is 12. The Labute approximate surface area is 178 Å².